The summed E-state index contributed by atoms with van der Waals surface area (Å²) >= 11 is 0. The Hall–Kier alpha value is -4.00. The summed E-state index contributed by atoms with van der Waals surface area (Å²) in [6.45, 7) is 2.30. The van der Waals surface area contributed by atoms with Gasteiger partial charge in [-0.25, -0.2) is 4.98 Å². The van der Waals surface area contributed by atoms with Crippen molar-refractivity contribution < 1.29 is 9.59 Å². The lowest BCUT2D eigenvalue weighted by molar-refractivity contribution is 0.0939. The van der Waals surface area contributed by atoms with Gasteiger partial charge in [-0.15, -0.1) is 0 Å². The predicted octanol–water partition coefficient (Wildman–Crippen LogP) is 3.47. The Morgan fingerprint density at radius 1 is 0.967 bits per heavy atom. The van der Waals surface area contributed by atoms with E-state index in [4.69, 9.17) is 0 Å². The van der Waals surface area contributed by atoms with E-state index in [-0.39, 0.29) is 29.9 Å². The fourth-order valence-electron chi connectivity index (χ4n) is 3.25. The molecule has 2 amide bonds. The van der Waals surface area contributed by atoms with Crippen LogP contribution in [0.4, 0.5) is 5.69 Å². The summed E-state index contributed by atoms with van der Waals surface area (Å²) in [7, 11) is 0. The maximum atomic E-state index is 13.0. The van der Waals surface area contributed by atoms with Gasteiger partial charge in [-0.2, -0.15) is 0 Å². The topological polar surface area (TPSA) is 88.4 Å². The molecule has 0 unspecified atom stereocenters. The molecule has 7 nitrogen and oxygen atoms in total. The van der Waals surface area contributed by atoms with Crippen molar-refractivity contribution in [3.63, 3.8) is 0 Å². The first kappa shape index (κ1) is 19.3. The van der Waals surface area contributed by atoms with Gasteiger partial charge >= 0.3 is 0 Å². The van der Waals surface area contributed by atoms with Gasteiger partial charge in [0.2, 0.25) is 5.82 Å². The van der Waals surface area contributed by atoms with Crippen LogP contribution < -0.4 is 10.6 Å². The first-order valence-corrected chi connectivity index (χ1v) is 9.72. The SMILES string of the molecule is CCc1ccccc1NC(=O)c1nc(C(=O)NCc2ccccn2)n2ccccc12. The number of carbonyl (C=O) groups excluding carboxylic acids is 2. The lowest BCUT2D eigenvalue weighted by Gasteiger charge is -2.08. The Morgan fingerprint density at radius 2 is 1.77 bits per heavy atom. The zero-order valence-electron chi connectivity index (χ0n) is 16.5. The number of benzene rings is 1. The van der Waals surface area contributed by atoms with Crippen LogP contribution >= 0.6 is 0 Å². The summed E-state index contributed by atoms with van der Waals surface area (Å²) in [6, 6.07) is 18.5. The maximum Gasteiger partial charge on any atom is 0.288 e. The van der Waals surface area contributed by atoms with E-state index in [1.165, 1.54) is 0 Å². The number of carbonyl (C=O) groups is 2. The molecule has 2 N–H and O–H groups in total. The highest BCUT2D eigenvalue weighted by Crippen LogP contribution is 2.19. The molecular weight excluding hydrogens is 378 g/mol. The maximum absolute atomic E-state index is 13.0. The largest absolute Gasteiger partial charge is 0.344 e. The average molecular weight is 399 g/mol. The van der Waals surface area contributed by atoms with Gasteiger partial charge in [0.05, 0.1) is 17.8 Å². The Bertz CT molecular complexity index is 1200. The van der Waals surface area contributed by atoms with Crippen LogP contribution in [0.15, 0.2) is 73.1 Å². The van der Waals surface area contributed by atoms with Crippen LogP contribution in [-0.2, 0) is 13.0 Å². The molecule has 0 aliphatic carbocycles. The first-order valence-electron chi connectivity index (χ1n) is 9.72. The monoisotopic (exact) mass is 399 g/mol. The number of nitrogens with zero attached hydrogens (tertiary/aromatic N) is 3. The third-order valence-electron chi connectivity index (χ3n) is 4.77. The van der Waals surface area contributed by atoms with Gasteiger partial charge in [-0.1, -0.05) is 37.3 Å². The molecule has 0 saturated carbocycles. The number of aromatic nitrogens is 3. The molecule has 0 atom stereocenters. The summed E-state index contributed by atoms with van der Waals surface area (Å²) < 4.78 is 1.62. The number of amides is 2. The van der Waals surface area contributed by atoms with Crippen LogP contribution in [0.3, 0.4) is 0 Å². The highest BCUT2D eigenvalue weighted by atomic mass is 16.2. The summed E-state index contributed by atoms with van der Waals surface area (Å²) in [5.41, 5.74) is 3.27. The van der Waals surface area contributed by atoms with Crippen molar-refractivity contribution in [3.05, 3.63) is 95.8 Å². The van der Waals surface area contributed by atoms with E-state index in [0.717, 1.165) is 23.4 Å². The zero-order valence-corrected chi connectivity index (χ0v) is 16.5. The molecule has 4 aromatic rings. The molecule has 150 valence electrons. The summed E-state index contributed by atoms with van der Waals surface area (Å²) in [5, 5.41) is 5.73. The standard InChI is InChI=1S/C23H21N5O2/c1-2-16-9-3-4-11-18(16)26-22(29)20-19-12-6-8-14-28(19)21(27-20)23(30)25-15-17-10-5-7-13-24-17/h3-14H,2,15H2,1H3,(H,25,30)(H,26,29). The zero-order chi connectivity index (χ0) is 20.9. The van der Waals surface area contributed by atoms with Crippen molar-refractivity contribution in [3.8, 4) is 0 Å². The summed E-state index contributed by atoms with van der Waals surface area (Å²) in [4.78, 5) is 34.3. The third-order valence-corrected chi connectivity index (χ3v) is 4.77. The molecule has 0 aliphatic rings. The van der Waals surface area contributed by atoms with E-state index in [1.54, 1.807) is 28.9 Å². The molecule has 0 fully saturated rings. The van der Waals surface area contributed by atoms with Gasteiger partial charge in [0, 0.05) is 18.1 Å². The quantitative estimate of drug-likeness (QED) is 0.520. The van der Waals surface area contributed by atoms with E-state index >= 15 is 0 Å². The second kappa shape index (κ2) is 8.57. The van der Waals surface area contributed by atoms with Crippen molar-refractivity contribution in [2.45, 2.75) is 19.9 Å². The minimum atomic E-state index is -0.380. The molecule has 0 spiro atoms. The van der Waals surface area contributed by atoms with Gasteiger partial charge in [-0.3, -0.25) is 19.0 Å². The van der Waals surface area contributed by atoms with E-state index in [0.29, 0.717) is 5.52 Å². The molecule has 1 aromatic carbocycles. The molecule has 0 saturated heterocycles. The Balaban J connectivity index is 1.62. The molecule has 7 heteroatoms. The molecule has 3 aromatic heterocycles. The Labute approximate surface area is 173 Å². The molecule has 0 bridgehead atoms. The minimum absolute atomic E-state index is 0.149. The van der Waals surface area contributed by atoms with Crippen LogP contribution in [0.5, 0.6) is 0 Å². The molecular formula is C23H21N5O2. The number of hydrogen-bond acceptors (Lipinski definition) is 4. The lowest BCUT2D eigenvalue weighted by atomic mass is 10.1. The Kier molecular flexibility index (Phi) is 5.52. The van der Waals surface area contributed by atoms with Crippen molar-refractivity contribution in [2.24, 2.45) is 0 Å². The number of para-hydroxylation sites is 1. The number of hydrogen-bond donors (Lipinski definition) is 2. The van der Waals surface area contributed by atoms with Crippen molar-refractivity contribution in [2.75, 3.05) is 5.32 Å². The molecule has 4 rings (SSSR count). The second-order valence-corrected chi connectivity index (χ2v) is 6.71. The van der Waals surface area contributed by atoms with Crippen LogP contribution in [0, 0.1) is 0 Å². The normalized spacial score (nSPS) is 10.7. The molecule has 30 heavy (non-hydrogen) atoms. The van der Waals surface area contributed by atoms with E-state index in [2.05, 4.69) is 20.6 Å². The van der Waals surface area contributed by atoms with Gasteiger partial charge in [-0.05, 0) is 42.3 Å². The highest BCUT2D eigenvalue weighted by Gasteiger charge is 2.22. The minimum Gasteiger partial charge on any atom is -0.344 e. The number of aryl methyl sites for hydroxylation is 1. The van der Waals surface area contributed by atoms with Gasteiger partial charge in [0.1, 0.15) is 0 Å². The van der Waals surface area contributed by atoms with Gasteiger partial charge in [0.25, 0.3) is 11.8 Å². The average Bonchev–Trinajstić information content (AvgIpc) is 3.18. The number of rotatable bonds is 6. The first-order chi connectivity index (χ1) is 14.7. The predicted molar refractivity (Wildman–Crippen MR) is 114 cm³/mol. The number of fused-ring (bicyclic) bond motifs is 1. The van der Waals surface area contributed by atoms with Crippen LogP contribution in [-0.4, -0.2) is 26.2 Å². The molecule has 0 aliphatic heterocycles. The molecule has 0 radical (unpaired) electrons. The van der Waals surface area contributed by atoms with E-state index in [1.807, 2.05) is 55.5 Å². The number of imidazole rings is 1. The number of nitrogens with one attached hydrogen (secondary N) is 2. The Morgan fingerprint density at radius 3 is 2.57 bits per heavy atom. The highest BCUT2D eigenvalue weighted by molar-refractivity contribution is 6.09. The lowest BCUT2D eigenvalue weighted by Crippen LogP contribution is -2.25. The number of anilines is 1. The van der Waals surface area contributed by atoms with Crippen LogP contribution in [0.1, 0.15) is 39.3 Å². The van der Waals surface area contributed by atoms with Crippen LogP contribution in [0.25, 0.3) is 5.52 Å². The fourth-order valence-corrected chi connectivity index (χ4v) is 3.25. The van der Waals surface area contributed by atoms with E-state index < -0.39 is 0 Å². The third kappa shape index (κ3) is 3.91. The summed E-state index contributed by atoms with van der Waals surface area (Å²) in [5.74, 6) is -0.589. The van der Waals surface area contributed by atoms with Crippen LogP contribution in [0.2, 0.25) is 0 Å². The number of pyridine rings is 2. The van der Waals surface area contributed by atoms with Crippen molar-refractivity contribution in [1.82, 2.24) is 19.7 Å². The van der Waals surface area contributed by atoms with Crippen molar-refractivity contribution in [1.29, 1.82) is 0 Å². The molecule has 3 heterocycles. The van der Waals surface area contributed by atoms with Gasteiger partial charge < -0.3 is 10.6 Å². The smallest absolute Gasteiger partial charge is 0.288 e. The summed E-state index contributed by atoms with van der Waals surface area (Å²) in [6.07, 6.45) is 4.18. The van der Waals surface area contributed by atoms with Gasteiger partial charge in [0.15, 0.2) is 5.69 Å². The fraction of sp³-hybridized carbons (Fsp3) is 0.130. The van der Waals surface area contributed by atoms with Crippen molar-refractivity contribution >= 4 is 23.0 Å². The second-order valence-electron chi connectivity index (χ2n) is 6.71. The van der Waals surface area contributed by atoms with E-state index in [9.17, 15) is 9.59 Å².